The van der Waals surface area contributed by atoms with Crippen molar-refractivity contribution in [2.75, 3.05) is 11.9 Å². The van der Waals surface area contributed by atoms with Gasteiger partial charge in [-0.2, -0.15) is 0 Å². The third-order valence-electron chi connectivity index (χ3n) is 2.27. The number of aromatic nitrogens is 1. The molecule has 0 saturated carbocycles. The van der Waals surface area contributed by atoms with Crippen LogP contribution in [0.1, 0.15) is 26.3 Å². The summed E-state index contributed by atoms with van der Waals surface area (Å²) >= 11 is 0. The van der Waals surface area contributed by atoms with E-state index in [0.717, 1.165) is 5.56 Å². The molecule has 5 heteroatoms. The zero-order valence-electron chi connectivity index (χ0n) is 11.2. The number of anilines is 1. The Morgan fingerprint density at radius 2 is 2.00 bits per heavy atom. The smallest absolute Gasteiger partial charge is 0.244 e. The monoisotopic (exact) mass is 249 g/mol. The number of carbonyl (C=O) groups is 2. The van der Waals surface area contributed by atoms with Crippen molar-refractivity contribution in [3.8, 4) is 0 Å². The summed E-state index contributed by atoms with van der Waals surface area (Å²) in [7, 11) is 0. The maximum atomic E-state index is 11.6. The molecule has 0 aliphatic rings. The largest absolute Gasteiger partial charge is 0.347 e. The first-order valence-corrected chi connectivity index (χ1v) is 5.80. The fraction of sp³-hybridized carbons (Fsp3) is 0.462. The lowest BCUT2D eigenvalue weighted by Crippen LogP contribution is -2.39. The molecule has 1 heterocycles. The van der Waals surface area contributed by atoms with E-state index in [1.54, 1.807) is 33.0 Å². The molecule has 5 nitrogen and oxygen atoms in total. The standard InChI is InChI=1S/C13H19N3O2/c1-9-5-6-14-10(7-9)16-11(17)8-15-12(18)13(2,3)4/h5-7H,8H2,1-4H3,(H,15,18)(H,14,16,17). The van der Waals surface area contributed by atoms with Gasteiger partial charge in [-0.1, -0.05) is 20.8 Å². The molecular formula is C13H19N3O2. The lowest BCUT2D eigenvalue weighted by atomic mass is 9.96. The molecule has 1 aromatic rings. The second-order valence-electron chi connectivity index (χ2n) is 5.20. The van der Waals surface area contributed by atoms with Gasteiger partial charge in [-0.3, -0.25) is 9.59 Å². The lowest BCUT2D eigenvalue weighted by molar-refractivity contribution is -0.130. The van der Waals surface area contributed by atoms with Crippen molar-refractivity contribution in [3.63, 3.8) is 0 Å². The fourth-order valence-electron chi connectivity index (χ4n) is 1.22. The Kier molecular flexibility index (Phi) is 4.42. The molecule has 0 aliphatic heterocycles. The molecule has 0 aromatic carbocycles. The molecule has 18 heavy (non-hydrogen) atoms. The summed E-state index contributed by atoms with van der Waals surface area (Å²) in [6.45, 7) is 7.25. The van der Waals surface area contributed by atoms with E-state index in [1.165, 1.54) is 0 Å². The Labute approximate surface area is 107 Å². The zero-order valence-corrected chi connectivity index (χ0v) is 11.2. The Bertz CT molecular complexity index is 450. The minimum absolute atomic E-state index is 0.0499. The summed E-state index contributed by atoms with van der Waals surface area (Å²) in [6, 6.07) is 3.61. The number of carbonyl (C=O) groups excluding carboxylic acids is 2. The van der Waals surface area contributed by atoms with Crippen LogP contribution in [0.25, 0.3) is 0 Å². The molecular weight excluding hydrogens is 230 g/mol. The van der Waals surface area contributed by atoms with Crippen molar-refractivity contribution in [1.29, 1.82) is 0 Å². The molecule has 0 aliphatic carbocycles. The average molecular weight is 249 g/mol. The SMILES string of the molecule is Cc1ccnc(NC(=O)CNC(=O)C(C)(C)C)c1. The van der Waals surface area contributed by atoms with Gasteiger partial charge in [-0.05, 0) is 24.6 Å². The van der Waals surface area contributed by atoms with E-state index in [9.17, 15) is 9.59 Å². The van der Waals surface area contributed by atoms with Crippen molar-refractivity contribution in [1.82, 2.24) is 10.3 Å². The number of pyridine rings is 1. The van der Waals surface area contributed by atoms with Gasteiger partial charge < -0.3 is 10.6 Å². The predicted molar refractivity (Wildman–Crippen MR) is 70.1 cm³/mol. The summed E-state index contributed by atoms with van der Waals surface area (Å²) in [5, 5.41) is 5.20. The van der Waals surface area contributed by atoms with E-state index in [-0.39, 0.29) is 18.4 Å². The zero-order chi connectivity index (χ0) is 13.8. The first-order valence-electron chi connectivity index (χ1n) is 5.80. The van der Waals surface area contributed by atoms with Gasteiger partial charge in [0, 0.05) is 11.6 Å². The van der Waals surface area contributed by atoms with E-state index in [0.29, 0.717) is 5.82 Å². The van der Waals surface area contributed by atoms with E-state index >= 15 is 0 Å². The van der Waals surface area contributed by atoms with Crippen LogP contribution >= 0.6 is 0 Å². The van der Waals surface area contributed by atoms with Crippen molar-refractivity contribution in [2.24, 2.45) is 5.41 Å². The van der Waals surface area contributed by atoms with Gasteiger partial charge in [0.2, 0.25) is 11.8 Å². The second kappa shape index (κ2) is 5.62. The topological polar surface area (TPSA) is 71.1 Å². The Balaban J connectivity index is 2.46. The third kappa shape index (κ3) is 4.53. The molecule has 0 unspecified atom stereocenters. The van der Waals surface area contributed by atoms with Crippen LogP contribution in [0, 0.1) is 12.3 Å². The molecule has 2 amide bonds. The first-order chi connectivity index (χ1) is 8.29. The third-order valence-corrected chi connectivity index (χ3v) is 2.27. The van der Waals surface area contributed by atoms with Gasteiger partial charge in [0.05, 0.1) is 6.54 Å². The predicted octanol–water partition coefficient (Wildman–Crippen LogP) is 1.49. The Hall–Kier alpha value is -1.91. The van der Waals surface area contributed by atoms with E-state index in [4.69, 9.17) is 0 Å². The van der Waals surface area contributed by atoms with E-state index in [1.807, 2.05) is 13.0 Å². The van der Waals surface area contributed by atoms with E-state index in [2.05, 4.69) is 15.6 Å². The lowest BCUT2D eigenvalue weighted by Gasteiger charge is -2.17. The maximum Gasteiger partial charge on any atom is 0.244 e. The van der Waals surface area contributed by atoms with Gasteiger partial charge in [0.25, 0.3) is 0 Å². The van der Waals surface area contributed by atoms with Gasteiger partial charge in [-0.15, -0.1) is 0 Å². The van der Waals surface area contributed by atoms with Crippen molar-refractivity contribution in [2.45, 2.75) is 27.7 Å². The number of amides is 2. The van der Waals surface area contributed by atoms with Crippen LogP contribution < -0.4 is 10.6 Å². The number of nitrogens with zero attached hydrogens (tertiary/aromatic N) is 1. The van der Waals surface area contributed by atoms with Crippen LogP contribution in [0.3, 0.4) is 0 Å². The van der Waals surface area contributed by atoms with Gasteiger partial charge in [0.15, 0.2) is 0 Å². The summed E-state index contributed by atoms with van der Waals surface area (Å²) in [4.78, 5) is 27.2. The van der Waals surface area contributed by atoms with Crippen molar-refractivity contribution >= 4 is 17.6 Å². The van der Waals surface area contributed by atoms with Crippen LogP contribution in [0.5, 0.6) is 0 Å². The molecule has 0 fully saturated rings. The normalized spacial score (nSPS) is 10.9. The van der Waals surface area contributed by atoms with Crippen LogP contribution in [-0.2, 0) is 9.59 Å². The number of hydrogen-bond donors (Lipinski definition) is 2. The van der Waals surface area contributed by atoms with E-state index < -0.39 is 5.41 Å². The average Bonchev–Trinajstić information content (AvgIpc) is 2.24. The molecule has 0 saturated heterocycles. The minimum atomic E-state index is -0.498. The fourth-order valence-corrected chi connectivity index (χ4v) is 1.22. The number of nitrogens with one attached hydrogen (secondary N) is 2. The minimum Gasteiger partial charge on any atom is -0.347 e. The van der Waals surface area contributed by atoms with Gasteiger partial charge in [-0.25, -0.2) is 4.98 Å². The maximum absolute atomic E-state index is 11.6. The molecule has 1 rings (SSSR count). The first kappa shape index (κ1) is 14.2. The van der Waals surface area contributed by atoms with Crippen molar-refractivity contribution < 1.29 is 9.59 Å². The molecule has 2 N–H and O–H groups in total. The second-order valence-corrected chi connectivity index (χ2v) is 5.20. The number of aryl methyl sites for hydroxylation is 1. The quantitative estimate of drug-likeness (QED) is 0.852. The number of hydrogen-bond acceptors (Lipinski definition) is 3. The highest BCUT2D eigenvalue weighted by Crippen LogP contribution is 2.12. The van der Waals surface area contributed by atoms with Gasteiger partial charge in [0.1, 0.15) is 5.82 Å². The van der Waals surface area contributed by atoms with Crippen LogP contribution in [0.2, 0.25) is 0 Å². The summed E-state index contributed by atoms with van der Waals surface area (Å²) in [6.07, 6.45) is 1.62. The Morgan fingerprint density at radius 1 is 1.33 bits per heavy atom. The van der Waals surface area contributed by atoms with Crippen LogP contribution in [0.15, 0.2) is 18.3 Å². The highest BCUT2D eigenvalue weighted by atomic mass is 16.2. The molecule has 0 atom stereocenters. The summed E-state index contributed by atoms with van der Waals surface area (Å²) in [5.41, 5.74) is 0.515. The molecule has 1 aromatic heterocycles. The molecule has 0 radical (unpaired) electrons. The Morgan fingerprint density at radius 3 is 2.56 bits per heavy atom. The summed E-state index contributed by atoms with van der Waals surface area (Å²) < 4.78 is 0. The molecule has 0 bridgehead atoms. The van der Waals surface area contributed by atoms with Crippen LogP contribution in [0.4, 0.5) is 5.82 Å². The number of rotatable bonds is 3. The van der Waals surface area contributed by atoms with Gasteiger partial charge >= 0.3 is 0 Å². The highest BCUT2D eigenvalue weighted by Gasteiger charge is 2.21. The van der Waals surface area contributed by atoms with Crippen LogP contribution in [-0.4, -0.2) is 23.3 Å². The molecule has 0 spiro atoms. The molecule has 98 valence electrons. The van der Waals surface area contributed by atoms with Crippen molar-refractivity contribution in [3.05, 3.63) is 23.9 Å². The highest BCUT2D eigenvalue weighted by molar-refractivity contribution is 5.94. The summed E-state index contributed by atoms with van der Waals surface area (Å²) in [5.74, 6) is 0.0468.